The molecule has 22 heavy (non-hydrogen) atoms. The summed E-state index contributed by atoms with van der Waals surface area (Å²) in [6.45, 7) is 3.57. The quantitative estimate of drug-likeness (QED) is 0.588. The SMILES string of the molecule is C=CCSCC1=NS(=O)(=O)c2cc(S(N)(=O)=O)c(Cl)cc2N1. The fraction of sp³-hybridized carbons (Fsp3) is 0.182. The Labute approximate surface area is 137 Å². The number of rotatable bonds is 5. The summed E-state index contributed by atoms with van der Waals surface area (Å²) in [7, 11) is -8.16. The number of nitrogens with two attached hydrogens (primary N) is 1. The van der Waals surface area contributed by atoms with E-state index in [0.29, 0.717) is 11.5 Å². The third kappa shape index (κ3) is 3.63. The van der Waals surface area contributed by atoms with Gasteiger partial charge in [-0.2, -0.15) is 8.42 Å². The van der Waals surface area contributed by atoms with E-state index in [4.69, 9.17) is 16.7 Å². The van der Waals surface area contributed by atoms with Crippen molar-refractivity contribution in [2.24, 2.45) is 9.54 Å². The molecule has 7 nitrogen and oxygen atoms in total. The molecule has 1 aromatic carbocycles. The fourth-order valence-electron chi connectivity index (χ4n) is 1.74. The van der Waals surface area contributed by atoms with Crippen molar-refractivity contribution in [3.63, 3.8) is 0 Å². The summed E-state index contributed by atoms with van der Waals surface area (Å²) < 4.78 is 50.8. The lowest BCUT2D eigenvalue weighted by atomic mass is 10.3. The van der Waals surface area contributed by atoms with Crippen LogP contribution in [0.25, 0.3) is 0 Å². The third-order valence-electron chi connectivity index (χ3n) is 2.60. The Balaban J connectivity index is 2.48. The second-order valence-corrected chi connectivity index (χ2v) is 8.81. The molecule has 1 aliphatic rings. The van der Waals surface area contributed by atoms with Crippen LogP contribution in [0.4, 0.5) is 5.69 Å². The van der Waals surface area contributed by atoms with Gasteiger partial charge in [0.2, 0.25) is 10.0 Å². The molecule has 1 heterocycles. The zero-order valence-corrected chi connectivity index (χ0v) is 14.3. The monoisotopic (exact) mass is 381 g/mol. The second-order valence-electron chi connectivity index (χ2n) is 4.27. The lowest BCUT2D eigenvalue weighted by molar-refractivity contribution is 0.596. The summed E-state index contributed by atoms with van der Waals surface area (Å²) >= 11 is 7.28. The standard InChI is InChI=1S/C11H12ClN3O4S3/c1-2-3-20-6-11-14-8-4-7(12)9(21(13,16)17)5-10(8)22(18,19)15-11/h2,4-5H,1,3,6H2,(H,14,15)(H2,13,16,17). The van der Waals surface area contributed by atoms with E-state index in [-0.39, 0.29) is 21.4 Å². The first-order valence-corrected chi connectivity index (χ1v) is 10.3. The molecule has 0 bridgehead atoms. The normalized spacial score (nSPS) is 16.4. The van der Waals surface area contributed by atoms with Crippen molar-refractivity contribution in [1.29, 1.82) is 0 Å². The van der Waals surface area contributed by atoms with E-state index < -0.39 is 24.9 Å². The van der Waals surface area contributed by atoms with Crippen LogP contribution >= 0.6 is 23.4 Å². The number of halogens is 1. The molecule has 0 saturated carbocycles. The molecule has 0 aliphatic carbocycles. The first kappa shape index (κ1) is 17.3. The summed E-state index contributed by atoms with van der Waals surface area (Å²) in [5.74, 6) is 1.21. The first-order chi connectivity index (χ1) is 10.1. The maximum Gasteiger partial charge on any atom is 0.286 e. The van der Waals surface area contributed by atoms with Crippen molar-refractivity contribution in [2.75, 3.05) is 16.8 Å². The van der Waals surface area contributed by atoms with Crippen LogP contribution < -0.4 is 10.5 Å². The maximum atomic E-state index is 12.2. The third-order valence-corrected chi connectivity index (χ3v) is 6.28. The zero-order chi connectivity index (χ0) is 16.5. The number of anilines is 1. The van der Waals surface area contributed by atoms with Crippen molar-refractivity contribution in [2.45, 2.75) is 9.79 Å². The van der Waals surface area contributed by atoms with Crippen LogP contribution in [0.5, 0.6) is 0 Å². The number of nitrogens with one attached hydrogen (secondary N) is 1. The Morgan fingerprint density at radius 2 is 2.14 bits per heavy atom. The number of hydrogen-bond acceptors (Lipinski definition) is 6. The minimum atomic E-state index is -4.14. The number of benzene rings is 1. The van der Waals surface area contributed by atoms with Crippen LogP contribution in [-0.4, -0.2) is 34.2 Å². The Morgan fingerprint density at radius 1 is 1.45 bits per heavy atom. The molecule has 0 aromatic heterocycles. The highest BCUT2D eigenvalue weighted by molar-refractivity contribution is 8.00. The van der Waals surface area contributed by atoms with Crippen molar-refractivity contribution in [3.8, 4) is 0 Å². The molecule has 120 valence electrons. The topological polar surface area (TPSA) is 119 Å². The Bertz CT molecular complexity index is 863. The van der Waals surface area contributed by atoms with Crippen molar-refractivity contribution in [3.05, 3.63) is 29.8 Å². The summed E-state index contributed by atoms with van der Waals surface area (Å²) in [5, 5.41) is 7.68. The summed E-state index contributed by atoms with van der Waals surface area (Å²) in [5.41, 5.74) is 0.168. The van der Waals surface area contributed by atoms with Crippen LogP contribution in [0, 0.1) is 0 Å². The van der Waals surface area contributed by atoms with Gasteiger partial charge in [-0.1, -0.05) is 17.7 Å². The van der Waals surface area contributed by atoms with Crippen molar-refractivity contribution >= 4 is 54.9 Å². The molecular weight excluding hydrogens is 370 g/mol. The van der Waals surface area contributed by atoms with E-state index in [1.165, 1.54) is 17.8 Å². The van der Waals surface area contributed by atoms with Gasteiger partial charge in [-0.15, -0.1) is 22.7 Å². The predicted molar refractivity (Wildman–Crippen MR) is 88.6 cm³/mol. The van der Waals surface area contributed by atoms with Gasteiger partial charge >= 0.3 is 0 Å². The van der Waals surface area contributed by atoms with Gasteiger partial charge in [-0.3, -0.25) is 0 Å². The van der Waals surface area contributed by atoms with E-state index in [1.807, 2.05) is 0 Å². The average molecular weight is 382 g/mol. The highest BCUT2D eigenvalue weighted by Gasteiger charge is 2.28. The zero-order valence-electron chi connectivity index (χ0n) is 11.1. The summed E-state index contributed by atoms with van der Waals surface area (Å²) in [6.07, 6.45) is 1.69. The highest BCUT2D eigenvalue weighted by Crippen LogP contribution is 2.34. The largest absolute Gasteiger partial charge is 0.341 e. The molecule has 0 amide bonds. The van der Waals surface area contributed by atoms with Crippen molar-refractivity contribution in [1.82, 2.24) is 0 Å². The first-order valence-electron chi connectivity index (χ1n) is 5.81. The van der Waals surface area contributed by atoms with E-state index >= 15 is 0 Å². The Morgan fingerprint density at radius 3 is 2.73 bits per heavy atom. The number of sulfonamides is 2. The van der Waals surface area contributed by atoms with Gasteiger partial charge in [0.1, 0.15) is 15.6 Å². The van der Waals surface area contributed by atoms with Crippen LogP contribution in [0.15, 0.2) is 39.0 Å². The van der Waals surface area contributed by atoms with E-state index in [2.05, 4.69) is 16.3 Å². The fourth-order valence-corrected chi connectivity index (χ4v) is 4.76. The minimum absolute atomic E-state index is 0.163. The minimum Gasteiger partial charge on any atom is -0.341 e. The molecule has 0 atom stereocenters. The molecule has 0 spiro atoms. The summed E-state index contributed by atoms with van der Waals surface area (Å²) in [6, 6.07) is 2.12. The van der Waals surface area contributed by atoms with Gasteiger partial charge in [0.25, 0.3) is 10.0 Å². The lowest BCUT2D eigenvalue weighted by Gasteiger charge is -2.19. The molecule has 1 aliphatic heterocycles. The number of fused-ring (bicyclic) bond motifs is 1. The molecular formula is C11H12ClN3O4S3. The van der Waals surface area contributed by atoms with Gasteiger partial charge in [0.05, 0.1) is 16.5 Å². The smallest absolute Gasteiger partial charge is 0.286 e. The highest BCUT2D eigenvalue weighted by atomic mass is 35.5. The predicted octanol–water partition coefficient (Wildman–Crippen LogP) is 1.42. The van der Waals surface area contributed by atoms with Gasteiger partial charge < -0.3 is 5.32 Å². The molecule has 0 fully saturated rings. The van der Waals surface area contributed by atoms with E-state index in [0.717, 1.165) is 6.07 Å². The van der Waals surface area contributed by atoms with E-state index in [9.17, 15) is 16.8 Å². The lowest BCUT2D eigenvalue weighted by Crippen LogP contribution is -2.24. The molecule has 11 heteroatoms. The number of thioether (sulfide) groups is 1. The molecule has 0 radical (unpaired) electrons. The molecule has 1 aromatic rings. The molecule has 0 saturated heterocycles. The maximum absolute atomic E-state index is 12.2. The number of amidine groups is 1. The van der Waals surface area contributed by atoms with Crippen molar-refractivity contribution < 1.29 is 16.8 Å². The number of primary sulfonamides is 1. The van der Waals surface area contributed by atoms with Crippen LogP contribution in [-0.2, 0) is 20.0 Å². The van der Waals surface area contributed by atoms with Crippen LogP contribution in [0.1, 0.15) is 0 Å². The van der Waals surface area contributed by atoms with Gasteiger partial charge in [-0.25, -0.2) is 13.6 Å². The van der Waals surface area contributed by atoms with E-state index in [1.54, 1.807) is 6.08 Å². The van der Waals surface area contributed by atoms with Crippen LogP contribution in [0.3, 0.4) is 0 Å². The molecule has 3 N–H and O–H groups in total. The Kier molecular flexibility index (Phi) is 4.87. The average Bonchev–Trinajstić information content (AvgIpc) is 2.35. The van der Waals surface area contributed by atoms with Gasteiger partial charge in [0, 0.05) is 5.75 Å². The molecule has 2 rings (SSSR count). The second kappa shape index (κ2) is 6.20. The van der Waals surface area contributed by atoms with Gasteiger partial charge in [-0.05, 0) is 12.1 Å². The molecule has 0 unspecified atom stereocenters. The van der Waals surface area contributed by atoms with Gasteiger partial charge in [0.15, 0.2) is 0 Å². The Hall–Kier alpha value is -1.07. The van der Waals surface area contributed by atoms with Crippen LogP contribution in [0.2, 0.25) is 5.02 Å². The number of nitrogens with zero attached hydrogens (tertiary/aromatic N) is 1. The summed E-state index contributed by atoms with van der Waals surface area (Å²) in [4.78, 5) is -0.739. The number of hydrogen-bond donors (Lipinski definition) is 2.